The molecule has 7 nitrogen and oxygen atoms in total. The largest absolute Gasteiger partial charge is 0.450 e. The number of fused-ring (bicyclic) bond motifs is 8. The second-order valence-electron chi connectivity index (χ2n) is 13.3. The maximum absolute atomic E-state index is 14.2. The van der Waals surface area contributed by atoms with Crippen molar-refractivity contribution >= 4 is 11.9 Å². The molecule has 0 saturated heterocycles. The first-order valence-electron chi connectivity index (χ1n) is 16.5. The number of hydrogen-bond donors (Lipinski definition) is 2. The average Bonchev–Trinajstić information content (AvgIpc) is 3.28. The van der Waals surface area contributed by atoms with Gasteiger partial charge in [-0.3, -0.25) is 4.79 Å². The third-order valence-electron chi connectivity index (χ3n) is 10.1. The van der Waals surface area contributed by atoms with Gasteiger partial charge in [0.1, 0.15) is 0 Å². The Hall–Kier alpha value is -3.21. The Bertz CT molecular complexity index is 1440. The van der Waals surface area contributed by atoms with Gasteiger partial charge in [0.05, 0.1) is 30.4 Å². The number of methoxy groups -OCH3 is 1. The molecule has 4 atom stereocenters. The first-order valence-corrected chi connectivity index (χ1v) is 16.5. The van der Waals surface area contributed by atoms with Gasteiger partial charge in [0.2, 0.25) is 0 Å². The minimum absolute atomic E-state index is 0.0203. The summed E-state index contributed by atoms with van der Waals surface area (Å²) in [6.45, 7) is 6.71. The van der Waals surface area contributed by atoms with Gasteiger partial charge in [0.25, 0.3) is 0 Å². The zero-order chi connectivity index (χ0) is 34.4. The lowest BCUT2D eigenvalue weighted by Gasteiger charge is -2.46. The molecule has 0 unspecified atom stereocenters. The quantitative estimate of drug-likeness (QED) is 0.165. The topological polar surface area (TPSA) is 96.3 Å². The van der Waals surface area contributed by atoms with Crippen LogP contribution in [0.1, 0.15) is 104 Å². The summed E-state index contributed by atoms with van der Waals surface area (Å²) in [5.74, 6) is -0.897. The fourth-order valence-electron chi connectivity index (χ4n) is 7.35. The molecule has 10 heteroatoms. The molecule has 2 bridgehead atoms. The Balaban J connectivity index is 1.83. The summed E-state index contributed by atoms with van der Waals surface area (Å²) in [7, 11) is 1.58. The normalized spacial score (nSPS) is 25.1. The van der Waals surface area contributed by atoms with E-state index in [1.807, 2.05) is 26.0 Å². The van der Waals surface area contributed by atoms with Crippen LogP contribution in [0.3, 0.4) is 0 Å². The number of carbonyl (C=O) groups is 2. The standard InChI is InChI=1S/C37H48F3NO6/c1-5-47-34(44)41(19-8-20-46-4)24-36(45)18-16-32-30-15-13-26(21-29(42)14-12-25(2)9-7-17-35(32,36)3)22-31(30)33(43)27-10-6-11-28(23-27)37(38,39)40/h6,9-11,13,15,22-23,29,32,42,45H,5,7-8,12,14,16-21,24H2,1-4H3/t29-,32-,35-,36+/m0/s1. The summed E-state index contributed by atoms with van der Waals surface area (Å²) in [5.41, 5.74) is -0.439. The van der Waals surface area contributed by atoms with Gasteiger partial charge in [-0.2, -0.15) is 13.2 Å². The van der Waals surface area contributed by atoms with Gasteiger partial charge in [-0.25, -0.2) is 4.79 Å². The molecule has 3 aliphatic carbocycles. The van der Waals surface area contributed by atoms with Crippen LogP contribution in [-0.4, -0.2) is 72.1 Å². The molecule has 0 aliphatic heterocycles. The van der Waals surface area contributed by atoms with E-state index in [0.29, 0.717) is 69.2 Å². The number of rotatable bonds is 9. The highest BCUT2D eigenvalue weighted by Crippen LogP contribution is 2.59. The zero-order valence-electron chi connectivity index (χ0n) is 27.9. The van der Waals surface area contributed by atoms with Gasteiger partial charge >= 0.3 is 12.3 Å². The van der Waals surface area contributed by atoms with Crippen molar-refractivity contribution in [3.8, 4) is 0 Å². The molecule has 1 amide bonds. The molecule has 1 saturated carbocycles. The van der Waals surface area contributed by atoms with Gasteiger partial charge in [-0.1, -0.05) is 42.8 Å². The van der Waals surface area contributed by atoms with E-state index in [-0.39, 0.29) is 36.6 Å². The van der Waals surface area contributed by atoms with Crippen molar-refractivity contribution in [1.82, 2.24) is 4.90 Å². The predicted molar refractivity (Wildman–Crippen MR) is 173 cm³/mol. The Kier molecular flexibility index (Phi) is 12.0. The van der Waals surface area contributed by atoms with Crippen molar-refractivity contribution in [3.63, 3.8) is 0 Å². The molecule has 0 spiro atoms. The zero-order valence-corrected chi connectivity index (χ0v) is 27.9. The van der Waals surface area contributed by atoms with Crippen LogP contribution in [0.4, 0.5) is 18.0 Å². The summed E-state index contributed by atoms with van der Waals surface area (Å²) in [6.07, 6.45) is 0.352. The molecule has 0 heterocycles. The number of amides is 1. The number of hydrogen-bond acceptors (Lipinski definition) is 6. The summed E-state index contributed by atoms with van der Waals surface area (Å²) < 4.78 is 51.5. The monoisotopic (exact) mass is 659 g/mol. The van der Waals surface area contributed by atoms with Crippen LogP contribution in [0.5, 0.6) is 0 Å². The number of aliphatic hydroxyl groups is 2. The highest BCUT2D eigenvalue weighted by atomic mass is 19.4. The van der Waals surface area contributed by atoms with Crippen LogP contribution >= 0.6 is 0 Å². The lowest BCUT2D eigenvalue weighted by Crippen LogP contribution is -2.54. The number of alkyl halides is 3. The summed E-state index contributed by atoms with van der Waals surface area (Å²) in [6, 6.07) is 9.83. The predicted octanol–water partition coefficient (Wildman–Crippen LogP) is 7.47. The van der Waals surface area contributed by atoms with E-state index in [9.17, 15) is 33.0 Å². The molecule has 47 heavy (non-hydrogen) atoms. The molecule has 258 valence electrons. The van der Waals surface area contributed by atoms with Crippen LogP contribution in [0.15, 0.2) is 54.1 Å². The van der Waals surface area contributed by atoms with Gasteiger partial charge in [0, 0.05) is 36.8 Å². The Morgan fingerprint density at radius 1 is 1.11 bits per heavy atom. The average molecular weight is 660 g/mol. The van der Waals surface area contributed by atoms with E-state index >= 15 is 0 Å². The fourth-order valence-corrected chi connectivity index (χ4v) is 7.35. The molecule has 0 aromatic heterocycles. The van der Waals surface area contributed by atoms with E-state index in [4.69, 9.17) is 9.47 Å². The molecule has 1 fully saturated rings. The molecule has 2 N–H and O–H groups in total. The molecule has 5 rings (SSSR count). The van der Waals surface area contributed by atoms with Gasteiger partial charge in [0.15, 0.2) is 5.78 Å². The molecule has 2 aromatic carbocycles. The van der Waals surface area contributed by atoms with E-state index in [1.54, 1.807) is 20.1 Å². The highest BCUT2D eigenvalue weighted by Gasteiger charge is 2.57. The van der Waals surface area contributed by atoms with Crippen LogP contribution in [0, 0.1) is 5.41 Å². The maximum atomic E-state index is 14.2. The second kappa shape index (κ2) is 15.3. The fraction of sp³-hybridized carbons (Fsp3) is 0.568. The van der Waals surface area contributed by atoms with Crippen LogP contribution in [0.2, 0.25) is 0 Å². The third-order valence-corrected chi connectivity index (χ3v) is 10.1. The van der Waals surface area contributed by atoms with Crippen molar-refractivity contribution in [1.29, 1.82) is 0 Å². The number of allylic oxidation sites excluding steroid dienone is 2. The van der Waals surface area contributed by atoms with Gasteiger partial charge in [-0.15, -0.1) is 0 Å². The van der Waals surface area contributed by atoms with E-state index in [0.717, 1.165) is 17.7 Å². The number of halogens is 3. The minimum atomic E-state index is -4.61. The van der Waals surface area contributed by atoms with E-state index < -0.39 is 40.7 Å². The molecule has 0 radical (unpaired) electrons. The first-order chi connectivity index (χ1) is 22.2. The van der Waals surface area contributed by atoms with E-state index in [1.165, 1.54) is 17.0 Å². The Morgan fingerprint density at radius 2 is 1.87 bits per heavy atom. The smallest absolute Gasteiger partial charge is 0.416 e. The van der Waals surface area contributed by atoms with Crippen LogP contribution < -0.4 is 0 Å². The van der Waals surface area contributed by atoms with Crippen LogP contribution in [0.25, 0.3) is 0 Å². The SMILES string of the molecule is CCOC(=O)N(CCCOC)C[C@]1(O)CC[C@H]2c3ccc(cc3C(=O)c3cccc(C(F)(F)F)c3)C[C@@H](O)CCC(C)=CCC[C@@]21C. The Labute approximate surface area is 275 Å². The number of ketones is 1. The lowest BCUT2D eigenvalue weighted by atomic mass is 9.64. The molecule has 3 aliphatic rings. The van der Waals surface area contributed by atoms with Gasteiger partial charge < -0.3 is 24.6 Å². The number of benzene rings is 2. The van der Waals surface area contributed by atoms with Crippen molar-refractivity contribution in [2.45, 2.75) is 95.9 Å². The van der Waals surface area contributed by atoms with Crippen molar-refractivity contribution in [2.24, 2.45) is 5.41 Å². The molecular formula is C37H48F3NO6. The highest BCUT2D eigenvalue weighted by molar-refractivity contribution is 6.10. The van der Waals surface area contributed by atoms with Crippen molar-refractivity contribution < 1.29 is 42.4 Å². The minimum Gasteiger partial charge on any atom is -0.450 e. The first kappa shape index (κ1) is 36.6. The lowest BCUT2D eigenvalue weighted by molar-refractivity contribution is -0.137. The van der Waals surface area contributed by atoms with E-state index in [2.05, 4.69) is 6.08 Å². The number of aliphatic hydroxyl groups excluding tert-OH is 1. The summed E-state index contributed by atoms with van der Waals surface area (Å²) >= 11 is 0. The summed E-state index contributed by atoms with van der Waals surface area (Å²) in [4.78, 5) is 28.8. The maximum Gasteiger partial charge on any atom is 0.416 e. The number of carbonyl (C=O) groups excluding carboxylic acids is 2. The van der Waals surface area contributed by atoms with Crippen LogP contribution in [-0.2, 0) is 22.1 Å². The number of nitrogens with zero attached hydrogens (tertiary/aromatic N) is 1. The van der Waals surface area contributed by atoms with Crippen molar-refractivity contribution in [3.05, 3.63) is 81.9 Å². The molecular weight excluding hydrogens is 611 g/mol. The van der Waals surface area contributed by atoms with Gasteiger partial charge in [-0.05, 0) is 100 Å². The van der Waals surface area contributed by atoms with Crippen molar-refractivity contribution in [2.75, 3.05) is 33.4 Å². The number of ether oxygens (including phenoxy) is 2. The third kappa shape index (κ3) is 8.45. The summed E-state index contributed by atoms with van der Waals surface area (Å²) in [5, 5.41) is 23.4. The second-order valence-corrected chi connectivity index (χ2v) is 13.3. The molecule has 2 aromatic rings. The Morgan fingerprint density at radius 3 is 2.57 bits per heavy atom.